The summed E-state index contributed by atoms with van der Waals surface area (Å²) in [4.78, 5) is 4.16. The number of hydrogen-bond donors (Lipinski definition) is 0. The number of halogens is 1. The van der Waals surface area contributed by atoms with Crippen molar-refractivity contribution in [3.63, 3.8) is 0 Å². The third-order valence-corrected chi connectivity index (χ3v) is 2.30. The van der Waals surface area contributed by atoms with Gasteiger partial charge in [-0.05, 0) is 35.0 Å². The van der Waals surface area contributed by atoms with Gasteiger partial charge in [0.15, 0.2) is 0 Å². The van der Waals surface area contributed by atoms with Crippen LogP contribution in [-0.4, -0.2) is 9.55 Å². The molecular formula is C9H8BrN2. The van der Waals surface area contributed by atoms with Gasteiger partial charge in [-0.25, -0.2) is 4.98 Å². The third kappa shape index (κ3) is 1.14. The first kappa shape index (κ1) is 7.80. The molecule has 0 unspecified atom stereocenters. The highest BCUT2D eigenvalue weighted by Gasteiger charge is 1.99. The molecule has 0 saturated carbocycles. The van der Waals surface area contributed by atoms with Gasteiger partial charge in [0.25, 0.3) is 0 Å². The minimum atomic E-state index is 0.743. The molecule has 12 heavy (non-hydrogen) atoms. The fourth-order valence-corrected chi connectivity index (χ4v) is 1.60. The zero-order valence-electron chi connectivity index (χ0n) is 6.50. The normalized spacial score (nSPS) is 10.8. The Morgan fingerprint density at radius 2 is 2.42 bits per heavy atom. The van der Waals surface area contributed by atoms with E-state index in [4.69, 9.17) is 0 Å². The van der Waals surface area contributed by atoms with Crippen molar-refractivity contribution < 1.29 is 0 Å². The fourth-order valence-electron chi connectivity index (χ4n) is 1.26. The maximum Gasteiger partial charge on any atom is 0.106 e. The second-order valence-corrected chi connectivity index (χ2v) is 3.39. The molecule has 0 saturated heterocycles. The molecule has 0 aliphatic heterocycles. The van der Waals surface area contributed by atoms with E-state index in [0.717, 1.165) is 16.7 Å². The van der Waals surface area contributed by atoms with Crippen LogP contribution < -0.4 is 0 Å². The molecule has 2 aromatic heterocycles. The monoisotopic (exact) mass is 223 g/mol. The van der Waals surface area contributed by atoms with Crippen molar-refractivity contribution in [2.75, 3.05) is 0 Å². The molecule has 2 nitrogen and oxygen atoms in total. The summed E-state index contributed by atoms with van der Waals surface area (Å²) in [6.07, 6.45) is 3.87. The predicted molar refractivity (Wildman–Crippen MR) is 52.8 cm³/mol. The summed E-state index contributed by atoms with van der Waals surface area (Å²) in [5.74, 6) is 0. The molecule has 0 spiro atoms. The van der Waals surface area contributed by atoms with Gasteiger partial charge in [-0.1, -0.05) is 0 Å². The zero-order chi connectivity index (χ0) is 8.55. The largest absolute Gasteiger partial charge is 0.346 e. The summed E-state index contributed by atoms with van der Waals surface area (Å²) in [6.45, 7) is 4.57. The molecule has 3 heteroatoms. The number of nitrogens with zero attached hydrogens (tertiary/aromatic N) is 2. The van der Waals surface area contributed by atoms with Gasteiger partial charge >= 0.3 is 0 Å². The van der Waals surface area contributed by atoms with E-state index in [2.05, 4.69) is 38.5 Å². The van der Waals surface area contributed by atoms with Crippen molar-refractivity contribution in [3.05, 3.63) is 36.1 Å². The van der Waals surface area contributed by atoms with Gasteiger partial charge in [0.1, 0.15) is 4.60 Å². The van der Waals surface area contributed by atoms with E-state index in [9.17, 15) is 0 Å². The van der Waals surface area contributed by atoms with Crippen LogP contribution in [0.5, 0.6) is 0 Å². The second kappa shape index (κ2) is 2.90. The number of aromatic nitrogens is 2. The lowest BCUT2D eigenvalue weighted by atomic mass is 10.3. The van der Waals surface area contributed by atoms with E-state index in [1.54, 1.807) is 0 Å². The van der Waals surface area contributed by atoms with Crippen molar-refractivity contribution >= 4 is 26.8 Å². The van der Waals surface area contributed by atoms with Crippen LogP contribution in [0.15, 0.2) is 29.1 Å². The maximum atomic E-state index is 4.16. The Balaban J connectivity index is 2.73. The summed E-state index contributed by atoms with van der Waals surface area (Å²) in [6, 6.07) is 4.06. The molecule has 2 heterocycles. The Morgan fingerprint density at radius 1 is 1.58 bits per heavy atom. The first-order valence-electron chi connectivity index (χ1n) is 3.71. The van der Waals surface area contributed by atoms with E-state index in [0.29, 0.717) is 0 Å². The molecule has 0 aliphatic carbocycles. The summed E-state index contributed by atoms with van der Waals surface area (Å²) < 4.78 is 2.94. The van der Waals surface area contributed by atoms with E-state index in [-0.39, 0.29) is 0 Å². The molecule has 0 aliphatic rings. The minimum Gasteiger partial charge on any atom is -0.346 e. The van der Waals surface area contributed by atoms with Crippen LogP contribution in [-0.2, 0) is 6.54 Å². The van der Waals surface area contributed by atoms with Crippen LogP contribution in [0.3, 0.4) is 0 Å². The predicted octanol–water partition coefficient (Wildman–Crippen LogP) is 2.63. The summed E-state index contributed by atoms with van der Waals surface area (Å²) >= 11 is 3.33. The van der Waals surface area contributed by atoms with Gasteiger partial charge in [-0.15, -0.1) is 0 Å². The number of hydrogen-bond acceptors (Lipinski definition) is 1. The van der Waals surface area contributed by atoms with E-state index >= 15 is 0 Å². The van der Waals surface area contributed by atoms with Crippen LogP contribution in [0.4, 0.5) is 0 Å². The van der Waals surface area contributed by atoms with Crippen LogP contribution in [0.25, 0.3) is 10.9 Å². The molecule has 2 aromatic rings. The lowest BCUT2D eigenvalue weighted by molar-refractivity contribution is 0.858. The molecule has 0 bridgehead atoms. The SMILES string of the molecule is [CH2]Cn1ccc2cc(Br)ncc21. The smallest absolute Gasteiger partial charge is 0.106 e. The minimum absolute atomic E-state index is 0.743. The van der Waals surface area contributed by atoms with Crippen LogP contribution in [0, 0.1) is 6.92 Å². The van der Waals surface area contributed by atoms with Gasteiger partial charge < -0.3 is 4.57 Å². The van der Waals surface area contributed by atoms with Gasteiger partial charge in [0, 0.05) is 18.1 Å². The lowest BCUT2D eigenvalue weighted by Gasteiger charge is -1.98. The van der Waals surface area contributed by atoms with E-state index < -0.39 is 0 Å². The zero-order valence-corrected chi connectivity index (χ0v) is 8.08. The standard InChI is InChI=1S/C9H8BrN2/c1-2-12-4-3-7-5-9(10)11-6-8(7)12/h3-6H,1-2H2. The first-order chi connectivity index (χ1) is 5.81. The van der Waals surface area contributed by atoms with Crippen molar-refractivity contribution in [2.24, 2.45) is 0 Å². The Kier molecular flexibility index (Phi) is 1.89. The Labute approximate surface area is 79.3 Å². The summed E-state index contributed by atoms with van der Waals surface area (Å²) in [5, 5.41) is 1.19. The summed E-state index contributed by atoms with van der Waals surface area (Å²) in [7, 11) is 0. The number of pyridine rings is 1. The fraction of sp³-hybridized carbons (Fsp3) is 0.111. The topological polar surface area (TPSA) is 17.8 Å². The van der Waals surface area contributed by atoms with Crippen molar-refractivity contribution in [1.82, 2.24) is 9.55 Å². The highest BCUT2D eigenvalue weighted by molar-refractivity contribution is 9.10. The summed E-state index contributed by atoms with van der Waals surface area (Å²) in [5.41, 5.74) is 1.13. The van der Waals surface area contributed by atoms with Crippen molar-refractivity contribution in [2.45, 2.75) is 6.54 Å². The highest BCUT2D eigenvalue weighted by atomic mass is 79.9. The molecule has 0 fully saturated rings. The second-order valence-electron chi connectivity index (χ2n) is 2.57. The van der Waals surface area contributed by atoms with E-state index in [1.807, 2.05) is 18.5 Å². The third-order valence-electron chi connectivity index (χ3n) is 1.86. The van der Waals surface area contributed by atoms with Gasteiger partial charge in [-0.3, -0.25) is 0 Å². The molecule has 0 N–H and O–H groups in total. The molecule has 1 radical (unpaired) electrons. The lowest BCUT2D eigenvalue weighted by Crippen LogP contribution is -1.90. The van der Waals surface area contributed by atoms with Crippen molar-refractivity contribution in [1.29, 1.82) is 0 Å². The number of fused-ring (bicyclic) bond motifs is 1. The van der Waals surface area contributed by atoms with Crippen molar-refractivity contribution in [3.8, 4) is 0 Å². The van der Waals surface area contributed by atoms with Crippen LogP contribution >= 0.6 is 15.9 Å². The average Bonchev–Trinajstić information content (AvgIpc) is 2.46. The molecule has 0 aromatic carbocycles. The van der Waals surface area contributed by atoms with Gasteiger partial charge in [0.05, 0.1) is 11.7 Å². The molecule has 61 valence electrons. The quantitative estimate of drug-likeness (QED) is 0.681. The molecule has 0 amide bonds. The van der Waals surface area contributed by atoms with Crippen LogP contribution in [0.2, 0.25) is 0 Å². The van der Waals surface area contributed by atoms with Crippen LogP contribution in [0.1, 0.15) is 0 Å². The number of rotatable bonds is 1. The van der Waals surface area contributed by atoms with Gasteiger partial charge in [0.2, 0.25) is 0 Å². The van der Waals surface area contributed by atoms with E-state index in [1.165, 1.54) is 5.39 Å². The maximum absolute atomic E-state index is 4.16. The Bertz CT molecular complexity index is 406. The molecule has 0 atom stereocenters. The molecular weight excluding hydrogens is 216 g/mol. The Hall–Kier alpha value is -0.830. The average molecular weight is 224 g/mol. The Morgan fingerprint density at radius 3 is 3.17 bits per heavy atom. The van der Waals surface area contributed by atoms with Gasteiger partial charge in [-0.2, -0.15) is 0 Å². The highest BCUT2D eigenvalue weighted by Crippen LogP contribution is 2.17. The first-order valence-corrected chi connectivity index (χ1v) is 4.50. The molecule has 2 rings (SSSR count).